The number of hydrogen-bond donors (Lipinski definition) is 1. The number of aliphatic hydroxyl groups is 1. The van der Waals surface area contributed by atoms with E-state index in [4.69, 9.17) is 4.74 Å². The maximum Gasteiger partial charge on any atom is 0.241 e. The molecule has 0 unspecified atom stereocenters. The van der Waals surface area contributed by atoms with Gasteiger partial charge in [0.05, 0.1) is 29.7 Å². The summed E-state index contributed by atoms with van der Waals surface area (Å²) in [6.07, 6.45) is 3.53. The summed E-state index contributed by atoms with van der Waals surface area (Å²) < 4.78 is 6.73. The second-order valence-corrected chi connectivity index (χ2v) is 7.49. The van der Waals surface area contributed by atoms with Crippen LogP contribution in [-0.2, 0) is 14.3 Å². The normalized spacial score (nSPS) is 37.8. The summed E-state index contributed by atoms with van der Waals surface area (Å²) in [6.45, 7) is 3.42. The first-order valence-corrected chi connectivity index (χ1v) is 8.28. The lowest BCUT2D eigenvalue weighted by molar-refractivity contribution is -0.131. The molecular weight excluding hydrogens is 362 g/mol. The first-order chi connectivity index (χ1) is 10.8. The number of carbonyl (C=O) groups is 2. The summed E-state index contributed by atoms with van der Waals surface area (Å²) in [4.78, 5) is 27.1. The average molecular weight is 378 g/mol. The van der Waals surface area contributed by atoms with Crippen molar-refractivity contribution in [3.05, 3.63) is 40.4 Å². The van der Waals surface area contributed by atoms with Crippen LogP contribution in [0.15, 0.2) is 34.8 Å². The molecule has 3 aliphatic heterocycles. The molecule has 0 aliphatic carbocycles. The van der Waals surface area contributed by atoms with Gasteiger partial charge in [-0.2, -0.15) is 0 Å². The maximum atomic E-state index is 13.0. The SMILES string of the molecule is Cc1ccc(N2C(=O)[C@@H]3[C@H](C2=O)[C@@]2(C)C=C[C@@]3(CO)O2)cc1Br. The smallest absolute Gasteiger partial charge is 0.241 e. The van der Waals surface area contributed by atoms with Crippen LogP contribution in [0.3, 0.4) is 0 Å². The summed E-state index contributed by atoms with van der Waals surface area (Å²) in [5, 5.41) is 9.78. The number of halogens is 1. The van der Waals surface area contributed by atoms with Crippen molar-refractivity contribution in [3.63, 3.8) is 0 Å². The topological polar surface area (TPSA) is 66.8 Å². The summed E-state index contributed by atoms with van der Waals surface area (Å²) in [7, 11) is 0. The zero-order valence-electron chi connectivity index (χ0n) is 12.7. The molecule has 120 valence electrons. The lowest BCUT2D eigenvalue weighted by Crippen LogP contribution is -2.43. The number of rotatable bonds is 2. The first-order valence-electron chi connectivity index (χ1n) is 7.48. The number of fused-ring (bicyclic) bond motifs is 5. The Morgan fingerprint density at radius 1 is 1.26 bits per heavy atom. The van der Waals surface area contributed by atoms with Crippen molar-refractivity contribution in [2.75, 3.05) is 11.5 Å². The van der Waals surface area contributed by atoms with Gasteiger partial charge in [-0.25, -0.2) is 4.90 Å². The lowest BCUT2D eigenvalue weighted by Gasteiger charge is -2.27. The fourth-order valence-corrected chi connectivity index (χ4v) is 4.38. The molecule has 0 aromatic heterocycles. The molecule has 4 rings (SSSR count). The van der Waals surface area contributed by atoms with Gasteiger partial charge in [-0.3, -0.25) is 9.59 Å². The summed E-state index contributed by atoms with van der Waals surface area (Å²) >= 11 is 3.44. The van der Waals surface area contributed by atoms with Crippen molar-refractivity contribution in [2.24, 2.45) is 11.8 Å². The molecule has 0 radical (unpaired) electrons. The molecule has 1 aromatic carbocycles. The van der Waals surface area contributed by atoms with E-state index >= 15 is 0 Å². The number of benzene rings is 1. The second-order valence-electron chi connectivity index (χ2n) is 6.63. The largest absolute Gasteiger partial charge is 0.393 e. The molecule has 2 bridgehead atoms. The highest BCUT2D eigenvalue weighted by Gasteiger charge is 2.72. The molecule has 2 saturated heterocycles. The van der Waals surface area contributed by atoms with Crippen molar-refractivity contribution in [1.29, 1.82) is 0 Å². The van der Waals surface area contributed by atoms with Crippen LogP contribution in [0.2, 0.25) is 0 Å². The third kappa shape index (κ3) is 1.74. The van der Waals surface area contributed by atoms with E-state index in [-0.39, 0.29) is 18.4 Å². The highest BCUT2D eigenvalue weighted by atomic mass is 79.9. The van der Waals surface area contributed by atoms with Crippen LogP contribution >= 0.6 is 15.9 Å². The molecular formula is C17H16BrNO4. The Morgan fingerprint density at radius 3 is 2.61 bits per heavy atom. The van der Waals surface area contributed by atoms with Gasteiger partial charge < -0.3 is 9.84 Å². The van der Waals surface area contributed by atoms with Crippen molar-refractivity contribution in [1.82, 2.24) is 0 Å². The van der Waals surface area contributed by atoms with Gasteiger partial charge in [0.2, 0.25) is 11.8 Å². The Balaban J connectivity index is 1.81. The molecule has 2 fully saturated rings. The molecule has 6 heteroatoms. The molecule has 2 amide bonds. The Kier molecular flexibility index (Phi) is 2.96. The van der Waals surface area contributed by atoms with Gasteiger partial charge in [0.25, 0.3) is 0 Å². The van der Waals surface area contributed by atoms with E-state index in [2.05, 4.69) is 15.9 Å². The minimum Gasteiger partial charge on any atom is -0.393 e. The van der Waals surface area contributed by atoms with Gasteiger partial charge in [-0.05, 0) is 31.5 Å². The van der Waals surface area contributed by atoms with Crippen LogP contribution in [0.4, 0.5) is 5.69 Å². The third-order valence-corrected chi connectivity index (χ3v) is 6.07. The van der Waals surface area contributed by atoms with E-state index in [1.54, 1.807) is 31.2 Å². The Labute approximate surface area is 142 Å². The zero-order chi connectivity index (χ0) is 16.6. The molecule has 0 saturated carbocycles. The quantitative estimate of drug-likeness (QED) is 0.631. The van der Waals surface area contributed by atoms with Gasteiger partial charge in [-0.1, -0.05) is 34.1 Å². The first kappa shape index (κ1) is 15.1. The minimum atomic E-state index is -1.08. The van der Waals surface area contributed by atoms with Crippen LogP contribution in [0.1, 0.15) is 12.5 Å². The van der Waals surface area contributed by atoms with E-state index in [0.717, 1.165) is 10.0 Å². The highest BCUT2D eigenvalue weighted by molar-refractivity contribution is 9.10. The van der Waals surface area contributed by atoms with E-state index in [1.807, 2.05) is 13.0 Å². The van der Waals surface area contributed by atoms with Crippen molar-refractivity contribution in [2.45, 2.75) is 25.0 Å². The number of aliphatic hydroxyl groups excluding tert-OH is 1. The van der Waals surface area contributed by atoms with E-state index < -0.39 is 23.0 Å². The van der Waals surface area contributed by atoms with Crippen LogP contribution < -0.4 is 4.90 Å². The predicted molar refractivity (Wildman–Crippen MR) is 86.8 cm³/mol. The van der Waals surface area contributed by atoms with Gasteiger partial charge in [0.1, 0.15) is 5.60 Å². The highest BCUT2D eigenvalue weighted by Crippen LogP contribution is 2.57. The molecule has 3 heterocycles. The standard InChI is InChI=1S/C17H16BrNO4/c1-9-3-4-10(7-11(9)18)19-14(21)12-13(15(19)22)17(8-20)6-5-16(12,2)23-17/h3-7,12-13,20H,8H2,1-2H3/t12-,13+,16-,17+/m1/s1. The average Bonchev–Trinajstić information content (AvgIpc) is 3.09. The van der Waals surface area contributed by atoms with Gasteiger partial charge in [0, 0.05) is 4.47 Å². The molecule has 5 nitrogen and oxygen atoms in total. The minimum absolute atomic E-state index is 0.266. The van der Waals surface area contributed by atoms with E-state index in [1.165, 1.54) is 4.90 Å². The maximum absolute atomic E-state index is 13.0. The van der Waals surface area contributed by atoms with E-state index in [0.29, 0.717) is 5.69 Å². The number of ether oxygens (including phenoxy) is 1. The van der Waals surface area contributed by atoms with Crippen LogP contribution in [-0.4, -0.2) is 34.7 Å². The van der Waals surface area contributed by atoms with Crippen molar-refractivity contribution in [3.8, 4) is 0 Å². The molecule has 3 aliphatic rings. The number of carbonyl (C=O) groups excluding carboxylic acids is 2. The Hall–Kier alpha value is -1.50. The van der Waals surface area contributed by atoms with Crippen LogP contribution in [0, 0.1) is 18.8 Å². The van der Waals surface area contributed by atoms with Crippen LogP contribution in [0.25, 0.3) is 0 Å². The van der Waals surface area contributed by atoms with Crippen molar-refractivity contribution < 1.29 is 19.4 Å². The predicted octanol–water partition coefficient (Wildman–Crippen LogP) is 1.95. The lowest BCUT2D eigenvalue weighted by atomic mass is 9.73. The molecule has 4 atom stereocenters. The Morgan fingerprint density at radius 2 is 1.96 bits per heavy atom. The summed E-state index contributed by atoms with van der Waals surface area (Å²) in [6, 6.07) is 5.40. The monoisotopic (exact) mass is 377 g/mol. The number of hydrogen-bond acceptors (Lipinski definition) is 4. The number of imide groups is 1. The molecule has 23 heavy (non-hydrogen) atoms. The summed E-state index contributed by atoms with van der Waals surface area (Å²) in [5.74, 6) is -1.84. The fraction of sp³-hybridized carbons (Fsp3) is 0.412. The Bertz CT molecular complexity index is 776. The molecule has 1 aromatic rings. The van der Waals surface area contributed by atoms with Crippen LogP contribution in [0.5, 0.6) is 0 Å². The number of aryl methyl sites for hydroxylation is 1. The van der Waals surface area contributed by atoms with Crippen molar-refractivity contribution >= 4 is 33.4 Å². The zero-order valence-corrected chi connectivity index (χ0v) is 14.3. The second kappa shape index (κ2) is 4.53. The molecule has 1 N–H and O–H groups in total. The van der Waals surface area contributed by atoms with E-state index in [9.17, 15) is 14.7 Å². The van der Waals surface area contributed by atoms with Gasteiger partial charge in [-0.15, -0.1) is 0 Å². The summed E-state index contributed by atoms with van der Waals surface area (Å²) in [5.41, 5.74) is -0.348. The van der Waals surface area contributed by atoms with Gasteiger partial charge in [0.15, 0.2) is 0 Å². The number of amides is 2. The van der Waals surface area contributed by atoms with Gasteiger partial charge >= 0.3 is 0 Å². The number of nitrogens with zero attached hydrogens (tertiary/aromatic N) is 1. The molecule has 0 spiro atoms. The third-order valence-electron chi connectivity index (χ3n) is 5.22. The number of anilines is 1. The fourth-order valence-electron chi connectivity index (χ4n) is 4.02.